The minimum atomic E-state index is -0.444. The molecule has 0 radical (unpaired) electrons. The Morgan fingerprint density at radius 1 is 1.25 bits per heavy atom. The highest BCUT2D eigenvalue weighted by Gasteiger charge is 2.18. The fraction of sp³-hybridized carbons (Fsp3) is 0.200. The third kappa shape index (κ3) is 2.99. The van der Waals surface area contributed by atoms with E-state index in [9.17, 15) is 9.59 Å². The van der Waals surface area contributed by atoms with Gasteiger partial charge in [0.2, 0.25) is 0 Å². The van der Waals surface area contributed by atoms with Crippen molar-refractivity contribution >= 4 is 38.6 Å². The Kier molecular flexibility index (Phi) is 4.39. The summed E-state index contributed by atoms with van der Waals surface area (Å²) >= 11 is 3.40. The fourth-order valence-corrected chi connectivity index (χ4v) is 2.46. The lowest BCUT2D eigenvalue weighted by molar-refractivity contribution is -0.141. The van der Waals surface area contributed by atoms with E-state index in [4.69, 9.17) is 0 Å². The first-order valence-corrected chi connectivity index (χ1v) is 6.83. The maximum atomic E-state index is 12.5. The van der Waals surface area contributed by atoms with Crippen molar-refractivity contribution in [2.75, 3.05) is 20.7 Å². The van der Waals surface area contributed by atoms with E-state index >= 15 is 0 Å². The van der Waals surface area contributed by atoms with Gasteiger partial charge in [0.05, 0.1) is 7.11 Å². The smallest absolute Gasteiger partial charge is 0.325 e. The molecule has 0 saturated carbocycles. The molecule has 20 heavy (non-hydrogen) atoms. The summed E-state index contributed by atoms with van der Waals surface area (Å²) in [7, 11) is 2.88. The first-order chi connectivity index (χ1) is 9.52. The van der Waals surface area contributed by atoms with Crippen molar-refractivity contribution in [1.82, 2.24) is 4.90 Å². The van der Waals surface area contributed by atoms with E-state index in [0.29, 0.717) is 5.56 Å². The molecule has 104 valence electrons. The second-order valence-corrected chi connectivity index (χ2v) is 5.33. The zero-order valence-corrected chi connectivity index (χ0v) is 12.8. The van der Waals surface area contributed by atoms with Crippen molar-refractivity contribution in [3.8, 4) is 0 Å². The third-order valence-electron chi connectivity index (χ3n) is 3.00. The molecule has 1 amide bonds. The molecule has 5 heteroatoms. The number of fused-ring (bicyclic) bond motifs is 1. The van der Waals surface area contributed by atoms with Gasteiger partial charge in [-0.3, -0.25) is 9.59 Å². The minimum Gasteiger partial charge on any atom is -0.468 e. The number of carbonyl (C=O) groups is 2. The maximum absolute atomic E-state index is 12.5. The molecule has 0 aliphatic heterocycles. The molecule has 0 fully saturated rings. The molecule has 0 unspecified atom stereocenters. The van der Waals surface area contributed by atoms with Crippen molar-refractivity contribution in [1.29, 1.82) is 0 Å². The quantitative estimate of drug-likeness (QED) is 0.810. The van der Waals surface area contributed by atoms with E-state index in [-0.39, 0.29) is 12.5 Å². The van der Waals surface area contributed by atoms with Crippen LogP contribution in [-0.2, 0) is 9.53 Å². The van der Waals surface area contributed by atoms with Crippen molar-refractivity contribution in [2.24, 2.45) is 0 Å². The van der Waals surface area contributed by atoms with Crippen LogP contribution in [0.1, 0.15) is 10.4 Å². The van der Waals surface area contributed by atoms with Gasteiger partial charge in [-0.1, -0.05) is 40.2 Å². The van der Waals surface area contributed by atoms with Crippen LogP contribution in [0.3, 0.4) is 0 Å². The summed E-state index contributed by atoms with van der Waals surface area (Å²) in [6.45, 7) is -0.0732. The average Bonchev–Trinajstić information content (AvgIpc) is 2.45. The van der Waals surface area contributed by atoms with Crippen LogP contribution < -0.4 is 0 Å². The second kappa shape index (κ2) is 6.05. The Labute approximate surface area is 125 Å². The van der Waals surface area contributed by atoms with Crippen LogP contribution in [0.25, 0.3) is 10.8 Å². The molecule has 4 nitrogen and oxygen atoms in total. The van der Waals surface area contributed by atoms with E-state index in [2.05, 4.69) is 20.7 Å². The summed E-state index contributed by atoms with van der Waals surface area (Å²) in [5.74, 6) is -0.659. The van der Waals surface area contributed by atoms with Gasteiger partial charge in [-0.25, -0.2) is 0 Å². The van der Waals surface area contributed by atoms with Gasteiger partial charge in [0.25, 0.3) is 5.91 Å². The molecular weight excluding hydrogens is 322 g/mol. The predicted octanol–water partition coefficient (Wildman–Crippen LogP) is 2.85. The molecule has 0 atom stereocenters. The number of carbonyl (C=O) groups excluding carboxylic acids is 2. The molecular formula is C15H14BrNO3. The predicted molar refractivity (Wildman–Crippen MR) is 80.6 cm³/mol. The Bertz CT molecular complexity index is 669. The molecule has 0 aliphatic rings. The van der Waals surface area contributed by atoms with Crippen molar-refractivity contribution in [3.63, 3.8) is 0 Å². The summed E-state index contributed by atoms with van der Waals surface area (Å²) in [6.07, 6.45) is 0. The Morgan fingerprint density at radius 3 is 2.65 bits per heavy atom. The molecule has 0 saturated heterocycles. The van der Waals surface area contributed by atoms with Crippen LogP contribution in [0.4, 0.5) is 0 Å². The first-order valence-electron chi connectivity index (χ1n) is 6.03. The van der Waals surface area contributed by atoms with Crippen molar-refractivity contribution < 1.29 is 14.3 Å². The van der Waals surface area contributed by atoms with Crippen LogP contribution in [0, 0.1) is 0 Å². The molecule has 0 aliphatic carbocycles. The van der Waals surface area contributed by atoms with Crippen LogP contribution in [0.5, 0.6) is 0 Å². The van der Waals surface area contributed by atoms with Gasteiger partial charge < -0.3 is 9.64 Å². The molecule has 2 aromatic rings. The Balaban J connectivity index is 2.41. The monoisotopic (exact) mass is 335 g/mol. The Morgan fingerprint density at radius 2 is 1.95 bits per heavy atom. The molecule has 0 N–H and O–H groups in total. The van der Waals surface area contributed by atoms with Crippen LogP contribution in [0.2, 0.25) is 0 Å². The topological polar surface area (TPSA) is 46.6 Å². The SMILES string of the molecule is COC(=O)CN(C)C(=O)c1cc(Br)cc2ccccc12. The van der Waals surface area contributed by atoms with E-state index in [1.165, 1.54) is 12.0 Å². The molecule has 0 bridgehead atoms. The minimum absolute atomic E-state index is 0.0732. The Hall–Kier alpha value is -1.88. The number of halogens is 1. The lowest BCUT2D eigenvalue weighted by Gasteiger charge is -2.17. The van der Waals surface area contributed by atoms with Gasteiger partial charge in [0.15, 0.2) is 0 Å². The average molecular weight is 336 g/mol. The van der Waals surface area contributed by atoms with Crippen LogP contribution in [0.15, 0.2) is 40.9 Å². The first kappa shape index (κ1) is 14.5. The van der Waals surface area contributed by atoms with E-state index < -0.39 is 5.97 Å². The number of esters is 1. The summed E-state index contributed by atoms with van der Waals surface area (Å²) < 4.78 is 5.40. The fourth-order valence-electron chi connectivity index (χ4n) is 1.99. The number of hydrogen-bond donors (Lipinski definition) is 0. The number of hydrogen-bond acceptors (Lipinski definition) is 3. The van der Waals surface area contributed by atoms with Crippen LogP contribution >= 0.6 is 15.9 Å². The van der Waals surface area contributed by atoms with E-state index in [0.717, 1.165) is 15.2 Å². The molecule has 0 spiro atoms. The summed E-state index contributed by atoms with van der Waals surface area (Å²) in [5.41, 5.74) is 0.557. The standard InChI is InChI=1S/C15H14BrNO3/c1-17(9-14(18)20-2)15(19)13-8-11(16)7-10-5-3-4-6-12(10)13/h3-8H,9H2,1-2H3. The maximum Gasteiger partial charge on any atom is 0.325 e. The second-order valence-electron chi connectivity index (χ2n) is 4.41. The number of likely N-dealkylation sites (N-methyl/N-ethyl adjacent to an activating group) is 1. The molecule has 2 rings (SSSR count). The van der Waals surface area contributed by atoms with E-state index in [1.54, 1.807) is 13.1 Å². The van der Waals surface area contributed by atoms with Gasteiger partial charge in [-0.2, -0.15) is 0 Å². The molecule has 0 aromatic heterocycles. The van der Waals surface area contributed by atoms with Gasteiger partial charge in [-0.15, -0.1) is 0 Å². The summed E-state index contributed by atoms with van der Waals surface area (Å²) in [5, 5.41) is 1.83. The van der Waals surface area contributed by atoms with Crippen LogP contribution in [-0.4, -0.2) is 37.5 Å². The lowest BCUT2D eigenvalue weighted by Crippen LogP contribution is -2.32. The van der Waals surface area contributed by atoms with Crippen molar-refractivity contribution in [3.05, 3.63) is 46.4 Å². The highest BCUT2D eigenvalue weighted by molar-refractivity contribution is 9.10. The lowest BCUT2D eigenvalue weighted by atomic mass is 10.0. The number of ether oxygens (including phenoxy) is 1. The van der Waals surface area contributed by atoms with Gasteiger partial charge in [-0.05, 0) is 22.9 Å². The summed E-state index contributed by atoms with van der Waals surface area (Å²) in [4.78, 5) is 25.1. The largest absolute Gasteiger partial charge is 0.468 e. The highest BCUT2D eigenvalue weighted by atomic mass is 79.9. The van der Waals surface area contributed by atoms with Gasteiger partial charge >= 0.3 is 5.97 Å². The van der Waals surface area contributed by atoms with Gasteiger partial charge in [0, 0.05) is 17.1 Å². The zero-order chi connectivity index (χ0) is 14.7. The van der Waals surface area contributed by atoms with Crippen molar-refractivity contribution in [2.45, 2.75) is 0 Å². The number of amides is 1. The highest BCUT2D eigenvalue weighted by Crippen LogP contribution is 2.25. The van der Waals surface area contributed by atoms with E-state index in [1.807, 2.05) is 30.3 Å². The molecule has 0 heterocycles. The number of rotatable bonds is 3. The number of benzene rings is 2. The summed E-state index contributed by atoms with van der Waals surface area (Å²) in [6, 6.07) is 11.3. The third-order valence-corrected chi connectivity index (χ3v) is 3.46. The number of methoxy groups -OCH3 is 1. The van der Waals surface area contributed by atoms with Gasteiger partial charge in [0.1, 0.15) is 6.54 Å². The normalized spacial score (nSPS) is 10.3. The molecule has 2 aromatic carbocycles. The number of nitrogens with zero attached hydrogens (tertiary/aromatic N) is 1. The zero-order valence-electron chi connectivity index (χ0n) is 11.2.